The number of nitrogens with zero attached hydrogens (tertiary/aromatic N) is 2. The number of anilines is 1. The van der Waals surface area contributed by atoms with Crippen LogP contribution in [0.15, 0.2) is 71.2 Å². The number of nitrogens with two attached hydrogens (primary N) is 1. The average Bonchev–Trinajstić information content (AvgIpc) is 2.86. The Hall–Kier alpha value is -4.79. The molecule has 1 atom stereocenters. The zero-order valence-corrected chi connectivity index (χ0v) is 18.8. The maximum atomic E-state index is 13.5. The number of allylic oxidation sites excluding steroid dienone is 1. The molecule has 3 rings (SSSR count). The Balaban J connectivity index is 2.52. The van der Waals surface area contributed by atoms with Crippen molar-refractivity contribution in [1.82, 2.24) is 0 Å². The van der Waals surface area contributed by atoms with Crippen LogP contribution < -0.4 is 10.6 Å². The number of nitriles is 1. The largest absolute Gasteiger partial charge is 0.478 e. The number of carboxylic acids is 1. The number of esters is 2. The van der Waals surface area contributed by atoms with E-state index >= 15 is 0 Å². The van der Waals surface area contributed by atoms with E-state index in [2.05, 4.69) is 0 Å². The molecule has 9 nitrogen and oxygen atoms in total. The highest BCUT2D eigenvalue weighted by molar-refractivity contribution is 6.08. The van der Waals surface area contributed by atoms with E-state index in [0.29, 0.717) is 28.7 Å². The first kappa shape index (κ1) is 25.8. The smallest absolute Gasteiger partial charge is 0.416 e. The Morgan fingerprint density at radius 2 is 1.67 bits per heavy atom. The minimum Gasteiger partial charge on any atom is -0.478 e. The number of benzene rings is 2. The monoisotopic (exact) mass is 501 g/mol. The molecule has 0 saturated heterocycles. The van der Waals surface area contributed by atoms with Crippen molar-refractivity contribution in [3.63, 3.8) is 0 Å². The summed E-state index contributed by atoms with van der Waals surface area (Å²) in [7, 11) is 1.95. The second-order valence-electron chi connectivity index (χ2n) is 7.37. The van der Waals surface area contributed by atoms with Crippen molar-refractivity contribution in [3.05, 3.63) is 87.9 Å². The number of carbonyl (C=O) groups is 3. The van der Waals surface area contributed by atoms with Gasteiger partial charge in [0, 0.05) is 0 Å². The maximum Gasteiger partial charge on any atom is 0.416 e. The van der Waals surface area contributed by atoms with Crippen LogP contribution >= 0.6 is 0 Å². The van der Waals surface area contributed by atoms with Gasteiger partial charge in [-0.15, -0.1) is 0 Å². The van der Waals surface area contributed by atoms with Crippen LogP contribution in [0.25, 0.3) is 0 Å². The minimum atomic E-state index is -4.90. The van der Waals surface area contributed by atoms with E-state index in [9.17, 15) is 37.9 Å². The van der Waals surface area contributed by atoms with Crippen LogP contribution in [-0.2, 0) is 25.2 Å². The Labute approximate surface area is 202 Å². The third kappa shape index (κ3) is 4.46. The summed E-state index contributed by atoms with van der Waals surface area (Å²) in [5.41, 5.74) is 2.39. The molecule has 1 heterocycles. The van der Waals surface area contributed by atoms with E-state index in [4.69, 9.17) is 15.2 Å². The van der Waals surface area contributed by atoms with Crippen LogP contribution in [0.5, 0.6) is 0 Å². The number of halogens is 3. The van der Waals surface area contributed by atoms with Gasteiger partial charge in [-0.1, -0.05) is 30.3 Å². The third-order valence-corrected chi connectivity index (χ3v) is 5.41. The van der Waals surface area contributed by atoms with Crippen LogP contribution in [0.4, 0.5) is 18.9 Å². The normalized spacial score (nSPS) is 15.9. The molecule has 0 amide bonds. The van der Waals surface area contributed by atoms with Crippen molar-refractivity contribution in [2.45, 2.75) is 12.1 Å². The van der Waals surface area contributed by atoms with Gasteiger partial charge in [-0.3, -0.25) is 4.90 Å². The molecule has 1 aliphatic rings. The summed E-state index contributed by atoms with van der Waals surface area (Å²) in [5, 5.41) is 19.7. The molecule has 0 fully saturated rings. The van der Waals surface area contributed by atoms with Crippen LogP contribution in [0.2, 0.25) is 0 Å². The molecule has 12 heteroatoms. The predicted octanol–water partition coefficient (Wildman–Crippen LogP) is 3.30. The summed E-state index contributed by atoms with van der Waals surface area (Å²) in [4.78, 5) is 38.5. The summed E-state index contributed by atoms with van der Waals surface area (Å²) in [6.45, 7) is 0. The number of methoxy groups -OCH3 is 2. The van der Waals surface area contributed by atoms with Gasteiger partial charge in [-0.05, 0) is 23.8 Å². The molecule has 0 aromatic heterocycles. The number of aromatic carboxylic acids is 1. The van der Waals surface area contributed by atoms with Crippen molar-refractivity contribution in [2.24, 2.45) is 5.73 Å². The first-order valence-electron chi connectivity index (χ1n) is 10.1. The highest BCUT2D eigenvalue weighted by Gasteiger charge is 2.44. The second-order valence-corrected chi connectivity index (χ2v) is 7.37. The van der Waals surface area contributed by atoms with Crippen LogP contribution in [-0.4, -0.2) is 37.2 Å². The minimum absolute atomic E-state index is 0.331. The molecule has 0 bridgehead atoms. The van der Waals surface area contributed by atoms with E-state index < -0.39 is 63.9 Å². The lowest BCUT2D eigenvalue weighted by Crippen LogP contribution is -2.41. The molecule has 1 unspecified atom stereocenters. The SMILES string of the molecule is COC(=O)C1=C(C(=O)OC)N(c2cc(C(F)(F)F)ccc2C(=O)O)C(N)=C(C#N)C1c1ccccc1. The lowest BCUT2D eigenvalue weighted by molar-refractivity contribution is -0.139. The quantitative estimate of drug-likeness (QED) is 0.590. The Kier molecular flexibility index (Phi) is 7.05. The predicted molar refractivity (Wildman–Crippen MR) is 118 cm³/mol. The van der Waals surface area contributed by atoms with Gasteiger partial charge in [0.25, 0.3) is 0 Å². The van der Waals surface area contributed by atoms with Crippen molar-refractivity contribution in [2.75, 3.05) is 19.1 Å². The first-order valence-corrected chi connectivity index (χ1v) is 10.1. The van der Waals surface area contributed by atoms with Crippen molar-refractivity contribution < 1.29 is 42.1 Å². The molecule has 36 heavy (non-hydrogen) atoms. The number of hydrogen-bond donors (Lipinski definition) is 2. The Morgan fingerprint density at radius 3 is 2.17 bits per heavy atom. The number of carboxylic acid groups (broad SMARTS) is 1. The zero-order valence-electron chi connectivity index (χ0n) is 18.8. The Morgan fingerprint density at radius 1 is 1.06 bits per heavy atom. The molecule has 0 aliphatic carbocycles. The molecule has 0 radical (unpaired) electrons. The molecule has 1 aliphatic heterocycles. The van der Waals surface area contributed by atoms with Gasteiger partial charge in [0.2, 0.25) is 0 Å². The zero-order chi connectivity index (χ0) is 26.8. The number of rotatable bonds is 5. The molecule has 3 N–H and O–H groups in total. The van der Waals surface area contributed by atoms with Gasteiger partial charge in [-0.25, -0.2) is 14.4 Å². The van der Waals surface area contributed by atoms with Gasteiger partial charge >= 0.3 is 24.1 Å². The molecule has 0 spiro atoms. The van der Waals surface area contributed by atoms with E-state index in [1.807, 2.05) is 6.07 Å². The van der Waals surface area contributed by atoms with Gasteiger partial charge in [0.15, 0.2) is 0 Å². The van der Waals surface area contributed by atoms with E-state index in [0.717, 1.165) is 14.2 Å². The maximum absolute atomic E-state index is 13.5. The van der Waals surface area contributed by atoms with Crippen molar-refractivity contribution >= 4 is 23.6 Å². The molecule has 186 valence electrons. The molecule has 2 aromatic rings. The fraction of sp³-hybridized carbons (Fsp3) is 0.167. The summed E-state index contributed by atoms with van der Waals surface area (Å²) in [6, 6.07) is 11.4. The molecule has 0 saturated carbocycles. The van der Waals surface area contributed by atoms with E-state index in [1.54, 1.807) is 18.2 Å². The van der Waals surface area contributed by atoms with Gasteiger partial charge < -0.3 is 20.3 Å². The first-order chi connectivity index (χ1) is 17.0. The number of hydrogen-bond acceptors (Lipinski definition) is 8. The summed E-state index contributed by atoms with van der Waals surface area (Å²) < 4.78 is 50.2. The standard InChI is InChI=1S/C24H18F3N3O6/c1-35-22(33)18-17(12-6-4-3-5-7-12)15(11-28)20(29)30(19(18)23(34)36-2)16-10-13(24(25,26)27)8-9-14(16)21(31)32/h3-10,17H,29H2,1-2H3,(H,31,32). The fourth-order valence-electron chi connectivity index (χ4n) is 3.84. The summed E-state index contributed by atoms with van der Waals surface area (Å²) in [5.74, 6) is -5.84. The fourth-order valence-corrected chi connectivity index (χ4v) is 3.84. The average molecular weight is 501 g/mol. The topological polar surface area (TPSA) is 143 Å². The van der Waals surface area contributed by atoms with Gasteiger partial charge in [0.1, 0.15) is 11.5 Å². The summed E-state index contributed by atoms with van der Waals surface area (Å²) in [6.07, 6.45) is -4.90. The highest BCUT2D eigenvalue weighted by atomic mass is 19.4. The van der Waals surface area contributed by atoms with Crippen molar-refractivity contribution in [3.8, 4) is 6.07 Å². The van der Waals surface area contributed by atoms with Crippen LogP contribution in [0, 0.1) is 11.3 Å². The van der Waals surface area contributed by atoms with Crippen LogP contribution in [0.1, 0.15) is 27.4 Å². The third-order valence-electron chi connectivity index (χ3n) is 5.41. The lowest BCUT2D eigenvalue weighted by atomic mass is 9.80. The Bertz CT molecular complexity index is 1340. The van der Waals surface area contributed by atoms with Crippen LogP contribution in [0.3, 0.4) is 0 Å². The van der Waals surface area contributed by atoms with E-state index in [1.165, 1.54) is 12.1 Å². The van der Waals surface area contributed by atoms with Gasteiger partial charge in [0.05, 0.1) is 54.2 Å². The van der Waals surface area contributed by atoms with Gasteiger partial charge in [-0.2, -0.15) is 18.4 Å². The molecular weight excluding hydrogens is 483 g/mol. The second kappa shape index (κ2) is 9.83. The lowest BCUT2D eigenvalue weighted by Gasteiger charge is -2.36. The molecular formula is C24H18F3N3O6. The number of ether oxygens (including phenoxy) is 2. The molecule has 2 aromatic carbocycles. The highest BCUT2D eigenvalue weighted by Crippen LogP contribution is 2.45. The number of alkyl halides is 3. The summed E-state index contributed by atoms with van der Waals surface area (Å²) >= 11 is 0. The van der Waals surface area contributed by atoms with Crippen molar-refractivity contribution in [1.29, 1.82) is 5.26 Å². The number of carbonyl (C=O) groups excluding carboxylic acids is 2. The van der Waals surface area contributed by atoms with E-state index in [-0.39, 0.29) is 5.57 Å².